The first-order chi connectivity index (χ1) is 8.72. The first kappa shape index (κ1) is 15.0. The molecule has 0 aliphatic rings. The van der Waals surface area contributed by atoms with E-state index in [1.54, 1.807) is 7.11 Å². The lowest BCUT2D eigenvalue weighted by Gasteiger charge is -2.10. The second kappa shape index (κ2) is 8.95. The first-order valence-electron chi connectivity index (χ1n) is 6.63. The fraction of sp³-hybridized carbons (Fsp3) is 0.600. The molecular formula is C15H25NO2. The third-order valence-electron chi connectivity index (χ3n) is 2.67. The van der Waals surface area contributed by atoms with Crippen molar-refractivity contribution in [2.24, 2.45) is 5.92 Å². The molecule has 0 atom stereocenters. The third kappa shape index (κ3) is 6.62. The van der Waals surface area contributed by atoms with Crippen LogP contribution in [0.15, 0.2) is 24.3 Å². The minimum absolute atomic E-state index is 0.684. The molecule has 0 unspecified atom stereocenters. The maximum atomic E-state index is 5.73. The van der Waals surface area contributed by atoms with Gasteiger partial charge in [0.2, 0.25) is 0 Å². The van der Waals surface area contributed by atoms with Gasteiger partial charge in [0, 0.05) is 20.2 Å². The molecule has 0 radical (unpaired) electrons. The van der Waals surface area contributed by atoms with E-state index in [1.165, 1.54) is 5.56 Å². The van der Waals surface area contributed by atoms with Gasteiger partial charge in [-0.05, 0) is 30.0 Å². The van der Waals surface area contributed by atoms with Gasteiger partial charge < -0.3 is 14.8 Å². The summed E-state index contributed by atoms with van der Waals surface area (Å²) < 4.78 is 10.7. The van der Waals surface area contributed by atoms with Gasteiger partial charge >= 0.3 is 0 Å². The second-order valence-electron chi connectivity index (χ2n) is 4.85. The van der Waals surface area contributed by atoms with Crippen LogP contribution in [0, 0.1) is 5.92 Å². The molecule has 0 saturated carbocycles. The van der Waals surface area contributed by atoms with E-state index in [-0.39, 0.29) is 0 Å². The van der Waals surface area contributed by atoms with E-state index < -0.39 is 0 Å². The summed E-state index contributed by atoms with van der Waals surface area (Å²) in [5.74, 6) is 1.64. The van der Waals surface area contributed by atoms with Gasteiger partial charge in [-0.15, -0.1) is 0 Å². The zero-order valence-electron chi connectivity index (χ0n) is 11.7. The highest BCUT2D eigenvalue weighted by Gasteiger charge is 1.98. The van der Waals surface area contributed by atoms with Crippen LogP contribution in [0.3, 0.4) is 0 Å². The molecule has 1 aromatic rings. The lowest BCUT2D eigenvalue weighted by molar-refractivity contribution is 0.199. The maximum absolute atomic E-state index is 5.73. The van der Waals surface area contributed by atoms with Crippen molar-refractivity contribution < 1.29 is 9.47 Å². The monoisotopic (exact) mass is 251 g/mol. The maximum Gasteiger partial charge on any atom is 0.119 e. The summed E-state index contributed by atoms with van der Waals surface area (Å²) in [5, 5.41) is 3.32. The highest BCUT2D eigenvalue weighted by molar-refractivity contribution is 5.28. The smallest absolute Gasteiger partial charge is 0.119 e. The van der Waals surface area contributed by atoms with Crippen LogP contribution in [-0.4, -0.2) is 26.9 Å². The van der Waals surface area contributed by atoms with Gasteiger partial charge in [-0.25, -0.2) is 0 Å². The Balaban J connectivity index is 2.32. The van der Waals surface area contributed by atoms with Crippen LogP contribution in [0.1, 0.15) is 25.8 Å². The van der Waals surface area contributed by atoms with Crippen LogP contribution in [0.4, 0.5) is 0 Å². The first-order valence-corrected chi connectivity index (χ1v) is 6.63. The molecule has 0 amide bonds. The lowest BCUT2D eigenvalue weighted by Crippen LogP contribution is -2.18. The summed E-state index contributed by atoms with van der Waals surface area (Å²) >= 11 is 0. The summed E-state index contributed by atoms with van der Waals surface area (Å²) in [5.41, 5.74) is 1.24. The van der Waals surface area contributed by atoms with Crippen LogP contribution in [-0.2, 0) is 11.3 Å². The average molecular weight is 251 g/mol. The molecule has 3 heteroatoms. The SMILES string of the molecule is COCCNCc1cccc(OCCC(C)C)c1. The summed E-state index contributed by atoms with van der Waals surface area (Å²) in [6, 6.07) is 8.26. The Bertz CT molecular complexity index is 326. The molecule has 3 nitrogen and oxygen atoms in total. The van der Waals surface area contributed by atoms with Crippen LogP contribution in [0.2, 0.25) is 0 Å². The number of benzene rings is 1. The summed E-state index contributed by atoms with van der Waals surface area (Å²) in [7, 11) is 1.71. The Morgan fingerprint density at radius 2 is 2.06 bits per heavy atom. The molecule has 0 fully saturated rings. The average Bonchev–Trinajstić information content (AvgIpc) is 2.35. The van der Waals surface area contributed by atoms with Crippen LogP contribution in [0.5, 0.6) is 5.75 Å². The number of ether oxygens (including phenoxy) is 2. The highest BCUT2D eigenvalue weighted by Crippen LogP contribution is 2.14. The van der Waals surface area contributed by atoms with E-state index in [0.717, 1.165) is 38.5 Å². The van der Waals surface area contributed by atoms with Crippen molar-refractivity contribution in [1.82, 2.24) is 5.32 Å². The van der Waals surface area contributed by atoms with Gasteiger partial charge in [-0.1, -0.05) is 26.0 Å². The molecule has 0 spiro atoms. The van der Waals surface area contributed by atoms with Crippen molar-refractivity contribution in [2.45, 2.75) is 26.8 Å². The molecule has 18 heavy (non-hydrogen) atoms. The van der Waals surface area contributed by atoms with Crippen LogP contribution < -0.4 is 10.1 Å². The van der Waals surface area contributed by atoms with Crippen LogP contribution in [0.25, 0.3) is 0 Å². The second-order valence-corrected chi connectivity index (χ2v) is 4.85. The van der Waals surface area contributed by atoms with Gasteiger partial charge in [-0.2, -0.15) is 0 Å². The molecule has 102 valence electrons. The molecule has 0 aliphatic heterocycles. The largest absolute Gasteiger partial charge is 0.494 e. The van der Waals surface area contributed by atoms with Crippen molar-refractivity contribution in [1.29, 1.82) is 0 Å². The van der Waals surface area contributed by atoms with Gasteiger partial charge in [0.1, 0.15) is 5.75 Å². The van der Waals surface area contributed by atoms with E-state index in [1.807, 2.05) is 12.1 Å². The van der Waals surface area contributed by atoms with Gasteiger partial charge in [0.25, 0.3) is 0 Å². The Morgan fingerprint density at radius 1 is 1.22 bits per heavy atom. The van der Waals surface area contributed by atoms with E-state index in [0.29, 0.717) is 5.92 Å². The van der Waals surface area contributed by atoms with Gasteiger partial charge in [0.05, 0.1) is 13.2 Å². The predicted molar refractivity (Wildman–Crippen MR) is 75.0 cm³/mol. The molecule has 1 N–H and O–H groups in total. The van der Waals surface area contributed by atoms with Gasteiger partial charge in [-0.3, -0.25) is 0 Å². The molecule has 0 heterocycles. The Hall–Kier alpha value is -1.06. The number of methoxy groups -OCH3 is 1. The Kier molecular flexibility index (Phi) is 7.46. The van der Waals surface area contributed by atoms with E-state index in [2.05, 4.69) is 31.3 Å². The molecule has 0 aliphatic carbocycles. The van der Waals surface area contributed by atoms with Crippen molar-refractivity contribution in [3.63, 3.8) is 0 Å². The molecule has 0 aromatic heterocycles. The van der Waals surface area contributed by atoms with Crippen molar-refractivity contribution in [3.05, 3.63) is 29.8 Å². The molecule has 0 saturated heterocycles. The Morgan fingerprint density at radius 3 is 2.78 bits per heavy atom. The van der Waals surface area contributed by atoms with Gasteiger partial charge in [0.15, 0.2) is 0 Å². The fourth-order valence-corrected chi connectivity index (χ4v) is 1.56. The Labute approximate surface area is 110 Å². The predicted octanol–water partition coefficient (Wildman–Crippen LogP) is 2.85. The fourth-order valence-electron chi connectivity index (χ4n) is 1.56. The molecule has 1 aromatic carbocycles. The summed E-state index contributed by atoms with van der Waals surface area (Å²) in [4.78, 5) is 0. The normalized spacial score (nSPS) is 10.9. The molecule has 0 bridgehead atoms. The minimum Gasteiger partial charge on any atom is -0.494 e. The summed E-state index contributed by atoms with van der Waals surface area (Å²) in [6.07, 6.45) is 1.09. The van der Waals surface area contributed by atoms with E-state index in [4.69, 9.17) is 9.47 Å². The number of hydrogen-bond acceptors (Lipinski definition) is 3. The molecule has 1 rings (SSSR count). The lowest BCUT2D eigenvalue weighted by atomic mass is 10.1. The third-order valence-corrected chi connectivity index (χ3v) is 2.67. The number of nitrogens with one attached hydrogen (secondary N) is 1. The quantitative estimate of drug-likeness (QED) is 0.685. The van der Waals surface area contributed by atoms with E-state index >= 15 is 0 Å². The van der Waals surface area contributed by atoms with Crippen molar-refractivity contribution >= 4 is 0 Å². The topological polar surface area (TPSA) is 30.5 Å². The molecular weight excluding hydrogens is 226 g/mol. The van der Waals surface area contributed by atoms with Crippen LogP contribution >= 0.6 is 0 Å². The number of rotatable bonds is 9. The van der Waals surface area contributed by atoms with Crippen molar-refractivity contribution in [3.8, 4) is 5.75 Å². The summed E-state index contributed by atoms with van der Waals surface area (Å²) in [6.45, 7) is 7.67. The zero-order chi connectivity index (χ0) is 13.2. The highest BCUT2D eigenvalue weighted by atomic mass is 16.5. The minimum atomic E-state index is 0.684. The van der Waals surface area contributed by atoms with Crippen molar-refractivity contribution in [2.75, 3.05) is 26.9 Å². The number of hydrogen-bond donors (Lipinski definition) is 1. The zero-order valence-corrected chi connectivity index (χ0v) is 11.7. The van der Waals surface area contributed by atoms with E-state index in [9.17, 15) is 0 Å². The standard InChI is InChI=1S/C15H25NO2/c1-13(2)7-9-18-15-6-4-5-14(11-15)12-16-8-10-17-3/h4-6,11,13,16H,7-10,12H2,1-3H3.